The number of amides is 1. The molecule has 0 radical (unpaired) electrons. The molecule has 0 atom stereocenters. The van der Waals surface area contributed by atoms with Gasteiger partial charge in [-0.3, -0.25) is 4.79 Å². The molecular formula is C21H18ClN3O2S. The highest BCUT2D eigenvalue weighted by Crippen LogP contribution is 2.25. The summed E-state index contributed by atoms with van der Waals surface area (Å²) >= 11 is 7.79. The second kappa shape index (κ2) is 8.46. The van der Waals surface area contributed by atoms with E-state index in [-0.39, 0.29) is 19.1 Å². The Balaban J connectivity index is 1.53. The zero-order chi connectivity index (χ0) is 19.3. The van der Waals surface area contributed by atoms with Crippen molar-refractivity contribution in [1.82, 2.24) is 14.9 Å². The molecule has 2 heterocycles. The number of imidazole rings is 1. The van der Waals surface area contributed by atoms with Crippen LogP contribution in [0.1, 0.15) is 10.7 Å². The third kappa shape index (κ3) is 4.18. The van der Waals surface area contributed by atoms with E-state index in [4.69, 9.17) is 16.3 Å². The molecule has 28 heavy (non-hydrogen) atoms. The van der Waals surface area contributed by atoms with Crippen LogP contribution in [0.4, 0.5) is 0 Å². The molecular weight excluding hydrogens is 394 g/mol. The highest BCUT2D eigenvalue weighted by Gasteiger charge is 2.14. The third-order valence-corrected chi connectivity index (χ3v) is 5.46. The Labute approximate surface area is 171 Å². The molecule has 0 bridgehead atoms. The van der Waals surface area contributed by atoms with Crippen LogP contribution in [0.25, 0.3) is 11.0 Å². The van der Waals surface area contributed by atoms with Crippen molar-refractivity contribution in [3.63, 3.8) is 0 Å². The minimum atomic E-state index is -0.0736. The number of ether oxygens (including phenoxy) is 1. The van der Waals surface area contributed by atoms with Gasteiger partial charge < -0.3 is 14.6 Å². The number of thiophene rings is 1. The molecule has 0 spiro atoms. The average Bonchev–Trinajstić information content (AvgIpc) is 3.34. The third-order valence-electron chi connectivity index (χ3n) is 4.27. The highest BCUT2D eigenvalue weighted by molar-refractivity contribution is 7.09. The van der Waals surface area contributed by atoms with Crippen LogP contribution >= 0.6 is 22.9 Å². The number of carbonyl (C=O) groups is 1. The smallest absolute Gasteiger partial charge is 0.240 e. The lowest BCUT2D eigenvalue weighted by Gasteiger charge is -2.11. The summed E-state index contributed by atoms with van der Waals surface area (Å²) in [4.78, 5) is 18.3. The predicted molar refractivity (Wildman–Crippen MR) is 112 cm³/mol. The molecule has 0 aliphatic carbocycles. The van der Waals surface area contributed by atoms with Gasteiger partial charge in [0.2, 0.25) is 5.91 Å². The first-order chi connectivity index (χ1) is 13.7. The topological polar surface area (TPSA) is 56.2 Å². The first-order valence-electron chi connectivity index (χ1n) is 8.81. The van der Waals surface area contributed by atoms with Crippen molar-refractivity contribution >= 4 is 39.9 Å². The van der Waals surface area contributed by atoms with Crippen molar-refractivity contribution in [2.45, 2.75) is 19.7 Å². The van der Waals surface area contributed by atoms with E-state index in [2.05, 4.69) is 10.3 Å². The maximum absolute atomic E-state index is 12.5. The van der Waals surface area contributed by atoms with Gasteiger partial charge >= 0.3 is 0 Å². The maximum Gasteiger partial charge on any atom is 0.240 e. The van der Waals surface area contributed by atoms with Crippen molar-refractivity contribution in [1.29, 1.82) is 0 Å². The van der Waals surface area contributed by atoms with E-state index in [1.807, 2.05) is 64.5 Å². The van der Waals surface area contributed by atoms with Gasteiger partial charge in [-0.05, 0) is 35.7 Å². The molecule has 1 N–H and O–H groups in total. The van der Waals surface area contributed by atoms with Gasteiger partial charge in [-0.1, -0.05) is 41.9 Å². The number of fused-ring (bicyclic) bond motifs is 1. The number of hydrogen-bond acceptors (Lipinski definition) is 4. The Bertz CT molecular complexity index is 1090. The Morgan fingerprint density at radius 2 is 1.93 bits per heavy atom. The van der Waals surface area contributed by atoms with Crippen LogP contribution in [0.15, 0.2) is 66.0 Å². The zero-order valence-corrected chi connectivity index (χ0v) is 16.5. The van der Waals surface area contributed by atoms with Crippen molar-refractivity contribution in [2.75, 3.05) is 0 Å². The Kier molecular flexibility index (Phi) is 5.60. The largest absolute Gasteiger partial charge is 0.484 e. The number of benzene rings is 2. The van der Waals surface area contributed by atoms with Crippen LogP contribution < -0.4 is 10.1 Å². The molecule has 2 aromatic carbocycles. The van der Waals surface area contributed by atoms with Gasteiger partial charge in [-0.15, -0.1) is 11.3 Å². The quantitative estimate of drug-likeness (QED) is 0.481. The van der Waals surface area contributed by atoms with Crippen LogP contribution in [0.3, 0.4) is 0 Å². The first kappa shape index (κ1) is 18.5. The first-order valence-corrected chi connectivity index (χ1v) is 10.1. The van der Waals surface area contributed by atoms with Gasteiger partial charge in [-0.25, -0.2) is 4.98 Å². The summed E-state index contributed by atoms with van der Waals surface area (Å²) in [6.45, 7) is 0.915. The molecule has 0 aliphatic rings. The maximum atomic E-state index is 12.5. The number of halogens is 1. The summed E-state index contributed by atoms with van der Waals surface area (Å²) in [5.74, 6) is 1.19. The van der Waals surface area contributed by atoms with Gasteiger partial charge in [0.25, 0.3) is 0 Å². The highest BCUT2D eigenvalue weighted by atomic mass is 35.5. The second-order valence-corrected chi connectivity index (χ2v) is 7.62. The molecule has 7 heteroatoms. The summed E-state index contributed by atoms with van der Waals surface area (Å²) in [7, 11) is 0. The molecule has 0 saturated carbocycles. The lowest BCUT2D eigenvalue weighted by Crippen LogP contribution is -2.27. The Morgan fingerprint density at radius 1 is 1.11 bits per heavy atom. The second-order valence-electron chi connectivity index (χ2n) is 6.18. The van der Waals surface area contributed by atoms with E-state index in [9.17, 15) is 4.79 Å². The SMILES string of the molecule is O=C(Cn1c(COc2ccccc2Cl)nc2ccccc21)NCc1cccs1. The number of nitrogens with one attached hydrogen (secondary N) is 1. The van der Waals surface area contributed by atoms with Gasteiger partial charge in [0.1, 0.15) is 24.7 Å². The normalized spacial score (nSPS) is 10.9. The molecule has 5 nitrogen and oxygen atoms in total. The standard InChI is InChI=1S/C21H18ClN3O2S/c22-16-7-1-4-10-19(16)27-14-20-24-17-8-2-3-9-18(17)25(20)13-21(26)23-12-15-6-5-11-28-15/h1-11H,12-14H2,(H,23,26). The van der Waals surface area contributed by atoms with Crippen molar-refractivity contribution < 1.29 is 9.53 Å². The van der Waals surface area contributed by atoms with Crippen LogP contribution in [0.2, 0.25) is 5.02 Å². The number of carbonyl (C=O) groups excluding carboxylic acids is 1. The monoisotopic (exact) mass is 411 g/mol. The predicted octanol–water partition coefficient (Wildman–Crippen LogP) is 4.65. The minimum absolute atomic E-state index is 0.0736. The van der Waals surface area contributed by atoms with Crippen molar-refractivity contribution in [3.05, 3.63) is 81.8 Å². The van der Waals surface area contributed by atoms with E-state index in [0.29, 0.717) is 23.1 Å². The molecule has 4 aromatic rings. The molecule has 4 rings (SSSR count). The van der Waals surface area contributed by atoms with Crippen molar-refractivity contribution in [3.8, 4) is 5.75 Å². The lowest BCUT2D eigenvalue weighted by atomic mass is 10.3. The number of para-hydroxylation sites is 3. The fourth-order valence-electron chi connectivity index (χ4n) is 2.91. The van der Waals surface area contributed by atoms with Gasteiger partial charge in [0, 0.05) is 4.88 Å². The van der Waals surface area contributed by atoms with E-state index in [1.165, 1.54) is 0 Å². The summed E-state index contributed by atoms with van der Waals surface area (Å²) in [5, 5.41) is 5.49. The lowest BCUT2D eigenvalue weighted by molar-refractivity contribution is -0.121. The average molecular weight is 412 g/mol. The van der Waals surface area contributed by atoms with Crippen molar-refractivity contribution in [2.24, 2.45) is 0 Å². The zero-order valence-electron chi connectivity index (χ0n) is 15.0. The van der Waals surface area contributed by atoms with Crippen LogP contribution in [-0.4, -0.2) is 15.5 Å². The van der Waals surface area contributed by atoms with Crippen LogP contribution in [0, 0.1) is 0 Å². The van der Waals surface area contributed by atoms with E-state index in [0.717, 1.165) is 15.9 Å². The van der Waals surface area contributed by atoms with Gasteiger partial charge in [-0.2, -0.15) is 0 Å². The Morgan fingerprint density at radius 3 is 2.75 bits per heavy atom. The van der Waals surface area contributed by atoms with Gasteiger partial charge in [0.05, 0.1) is 22.6 Å². The molecule has 0 aliphatic heterocycles. The Hall–Kier alpha value is -2.83. The van der Waals surface area contributed by atoms with Gasteiger partial charge in [0.15, 0.2) is 0 Å². The number of rotatable bonds is 7. The minimum Gasteiger partial charge on any atom is -0.484 e. The summed E-state index contributed by atoms with van der Waals surface area (Å²) in [6, 6.07) is 19.0. The van der Waals surface area contributed by atoms with Crippen LogP contribution in [0.5, 0.6) is 5.75 Å². The molecule has 0 saturated heterocycles. The summed E-state index contributed by atoms with van der Waals surface area (Å²) in [5.41, 5.74) is 1.72. The summed E-state index contributed by atoms with van der Waals surface area (Å²) in [6.07, 6.45) is 0. The number of aromatic nitrogens is 2. The van der Waals surface area contributed by atoms with E-state index >= 15 is 0 Å². The fraction of sp³-hybridized carbons (Fsp3) is 0.143. The fourth-order valence-corrected chi connectivity index (χ4v) is 3.75. The van der Waals surface area contributed by atoms with Crippen LogP contribution in [-0.2, 0) is 24.5 Å². The molecule has 142 valence electrons. The molecule has 0 fully saturated rings. The van der Waals surface area contributed by atoms with E-state index < -0.39 is 0 Å². The number of hydrogen-bond donors (Lipinski definition) is 1. The summed E-state index contributed by atoms with van der Waals surface area (Å²) < 4.78 is 7.73. The molecule has 1 amide bonds. The van der Waals surface area contributed by atoms with E-state index in [1.54, 1.807) is 17.4 Å². The molecule has 0 unspecified atom stereocenters. The molecule has 2 aromatic heterocycles. The number of nitrogens with zero attached hydrogens (tertiary/aromatic N) is 2.